The fraction of sp³-hybridized carbons (Fsp3) is 0.538. The highest BCUT2D eigenvalue weighted by molar-refractivity contribution is 5.39. The quantitative estimate of drug-likeness (QED) is 0.609. The van der Waals surface area contributed by atoms with Gasteiger partial charge in [-0.05, 0) is 30.5 Å². The number of nitrogen functional groups attached to an aromatic ring is 1. The zero-order valence-corrected chi connectivity index (χ0v) is 9.52. The zero-order chi connectivity index (χ0) is 11.2. The van der Waals surface area contributed by atoms with Crippen LogP contribution < -0.4 is 5.73 Å². The van der Waals surface area contributed by atoms with E-state index in [-0.39, 0.29) is 0 Å². The lowest BCUT2D eigenvalue weighted by molar-refractivity contribution is 0.0919. The highest BCUT2D eigenvalue weighted by Gasteiger charge is 2.15. The Morgan fingerprint density at radius 2 is 2.12 bits per heavy atom. The molecule has 1 aliphatic rings. The first-order valence-electron chi connectivity index (χ1n) is 5.84. The van der Waals surface area contributed by atoms with Crippen molar-refractivity contribution in [1.29, 1.82) is 0 Å². The normalized spacial score (nSPS) is 20.1. The van der Waals surface area contributed by atoms with E-state index in [4.69, 9.17) is 15.2 Å². The van der Waals surface area contributed by atoms with Crippen molar-refractivity contribution in [2.24, 2.45) is 5.92 Å². The van der Waals surface area contributed by atoms with Gasteiger partial charge in [0.05, 0.1) is 19.8 Å². The zero-order valence-electron chi connectivity index (χ0n) is 9.52. The molecule has 3 heteroatoms. The second kappa shape index (κ2) is 5.87. The van der Waals surface area contributed by atoms with Crippen LogP contribution in [-0.4, -0.2) is 26.4 Å². The Labute approximate surface area is 96.5 Å². The highest BCUT2D eigenvalue weighted by Crippen LogP contribution is 2.12. The fourth-order valence-corrected chi connectivity index (χ4v) is 1.84. The van der Waals surface area contributed by atoms with E-state index >= 15 is 0 Å². The van der Waals surface area contributed by atoms with E-state index in [1.165, 1.54) is 5.56 Å². The Balaban J connectivity index is 1.62. The SMILES string of the molecule is Nc1ccc(CCOCC2CCOC2)cc1. The van der Waals surface area contributed by atoms with Crippen molar-refractivity contribution in [1.82, 2.24) is 0 Å². The van der Waals surface area contributed by atoms with Gasteiger partial charge in [-0.2, -0.15) is 0 Å². The number of anilines is 1. The molecule has 0 bridgehead atoms. The number of hydrogen-bond donors (Lipinski definition) is 1. The third-order valence-electron chi connectivity index (χ3n) is 2.89. The second-order valence-electron chi connectivity index (χ2n) is 4.30. The van der Waals surface area contributed by atoms with Crippen molar-refractivity contribution in [3.8, 4) is 0 Å². The van der Waals surface area contributed by atoms with Crippen LogP contribution in [0, 0.1) is 5.92 Å². The van der Waals surface area contributed by atoms with Crippen LogP contribution in [0.2, 0.25) is 0 Å². The Hall–Kier alpha value is -1.06. The largest absolute Gasteiger partial charge is 0.399 e. The topological polar surface area (TPSA) is 44.5 Å². The van der Waals surface area contributed by atoms with Gasteiger partial charge >= 0.3 is 0 Å². The minimum atomic E-state index is 0.603. The Morgan fingerprint density at radius 1 is 1.31 bits per heavy atom. The summed E-state index contributed by atoms with van der Waals surface area (Å²) in [6, 6.07) is 7.97. The van der Waals surface area contributed by atoms with Crippen LogP contribution in [0.5, 0.6) is 0 Å². The molecule has 1 aliphatic heterocycles. The van der Waals surface area contributed by atoms with Crippen LogP contribution in [0.15, 0.2) is 24.3 Å². The first-order chi connectivity index (χ1) is 7.84. The van der Waals surface area contributed by atoms with Crippen molar-refractivity contribution in [2.45, 2.75) is 12.8 Å². The predicted octanol–water partition coefficient (Wildman–Crippen LogP) is 1.86. The molecule has 88 valence electrons. The Bertz CT molecular complexity index is 304. The number of hydrogen-bond acceptors (Lipinski definition) is 3. The first kappa shape index (κ1) is 11.4. The molecule has 0 saturated carbocycles. The molecule has 2 rings (SSSR count). The molecular weight excluding hydrogens is 202 g/mol. The summed E-state index contributed by atoms with van der Waals surface area (Å²) in [5, 5.41) is 0. The minimum Gasteiger partial charge on any atom is -0.399 e. The monoisotopic (exact) mass is 221 g/mol. The lowest BCUT2D eigenvalue weighted by Crippen LogP contribution is -2.10. The molecule has 1 fully saturated rings. The highest BCUT2D eigenvalue weighted by atomic mass is 16.5. The third-order valence-corrected chi connectivity index (χ3v) is 2.89. The van der Waals surface area contributed by atoms with Crippen LogP contribution in [0.1, 0.15) is 12.0 Å². The Morgan fingerprint density at radius 3 is 2.81 bits per heavy atom. The molecule has 1 saturated heterocycles. The van der Waals surface area contributed by atoms with Crippen molar-refractivity contribution in [3.05, 3.63) is 29.8 Å². The number of ether oxygens (including phenoxy) is 2. The van der Waals surface area contributed by atoms with E-state index in [1.807, 2.05) is 12.1 Å². The number of rotatable bonds is 5. The number of benzene rings is 1. The lowest BCUT2D eigenvalue weighted by Gasteiger charge is -2.08. The van der Waals surface area contributed by atoms with Gasteiger partial charge in [-0.3, -0.25) is 0 Å². The van der Waals surface area contributed by atoms with Gasteiger partial charge in [-0.15, -0.1) is 0 Å². The predicted molar refractivity (Wildman–Crippen MR) is 64.3 cm³/mol. The van der Waals surface area contributed by atoms with Crippen LogP contribution in [0.25, 0.3) is 0 Å². The van der Waals surface area contributed by atoms with Gasteiger partial charge in [0.2, 0.25) is 0 Å². The summed E-state index contributed by atoms with van der Waals surface area (Å²) in [6.07, 6.45) is 2.09. The van der Waals surface area contributed by atoms with Crippen molar-refractivity contribution in [2.75, 3.05) is 32.2 Å². The molecule has 1 unspecified atom stereocenters. The van der Waals surface area contributed by atoms with Gasteiger partial charge in [-0.25, -0.2) is 0 Å². The Kier molecular flexibility index (Phi) is 4.19. The van der Waals surface area contributed by atoms with Gasteiger partial charge in [-0.1, -0.05) is 12.1 Å². The lowest BCUT2D eigenvalue weighted by atomic mass is 10.1. The maximum atomic E-state index is 5.64. The summed E-state index contributed by atoms with van der Waals surface area (Å²) in [5.74, 6) is 0.603. The van der Waals surface area contributed by atoms with Crippen LogP contribution in [0.3, 0.4) is 0 Å². The summed E-state index contributed by atoms with van der Waals surface area (Å²) in [4.78, 5) is 0. The number of nitrogens with two attached hydrogens (primary N) is 1. The average Bonchev–Trinajstić information content (AvgIpc) is 2.80. The molecule has 16 heavy (non-hydrogen) atoms. The summed E-state index contributed by atoms with van der Waals surface area (Å²) >= 11 is 0. The van der Waals surface area contributed by atoms with Crippen molar-refractivity contribution >= 4 is 5.69 Å². The van der Waals surface area contributed by atoms with E-state index in [1.54, 1.807) is 0 Å². The molecular formula is C13H19NO2. The van der Waals surface area contributed by atoms with E-state index in [0.29, 0.717) is 5.92 Å². The van der Waals surface area contributed by atoms with E-state index in [0.717, 1.165) is 45.0 Å². The molecule has 0 amide bonds. The maximum Gasteiger partial charge on any atom is 0.0517 e. The van der Waals surface area contributed by atoms with Crippen LogP contribution >= 0.6 is 0 Å². The van der Waals surface area contributed by atoms with Gasteiger partial charge in [0.1, 0.15) is 0 Å². The standard InChI is InChI=1S/C13H19NO2/c14-13-3-1-11(2-4-13)5-7-15-9-12-6-8-16-10-12/h1-4,12H,5-10,14H2. The molecule has 3 nitrogen and oxygen atoms in total. The first-order valence-corrected chi connectivity index (χ1v) is 5.84. The van der Waals surface area contributed by atoms with Crippen molar-refractivity contribution in [3.63, 3.8) is 0 Å². The molecule has 0 aromatic heterocycles. The molecule has 1 heterocycles. The summed E-state index contributed by atoms with van der Waals surface area (Å²) in [6.45, 7) is 3.36. The van der Waals surface area contributed by atoms with Crippen LogP contribution in [-0.2, 0) is 15.9 Å². The maximum absolute atomic E-state index is 5.64. The second-order valence-corrected chi connectivity index (χ2v) is 4.30. The van der Waals surface area contributed by atoms with Gasteiger partial charge in [0.15, 0.2) is 0 Å². The van der Waals surface area contributed by atoms with E-state index in [9.17, 15) is 0 Å². The fourth-order valence-electron chi connectivity index (χ4n) is 1.84. The molecule has 1 aromatic carbocycles. The summed E-state index contributed by atoms with van der Waals surface area (Å²) < 4.78 is 10.9. The molecule has 0 aliphatic carbocycles. The van der Waals surface area contributed by atoms with Gasteiger partial charge in [0, 0.05) is 18.2 Å². The van der Waals surface area contributed by atoms with E-state index in [2.05, 4.69) is 12.1 Å². The molecule has 1 atom stereocenters. The molecule has 1 aromatic rings. The van der Waals surface area contributed by atoms with E-state index < -0.39 is 0 Å². The summed E-state index contributed by atoms with van der Waals surface area (Å²) in [5.41, 5.74) is 7.71. The molecule has 2 N–H and O–H groups in total. The minimum absolute atomic E-state index is 0.603. The molecule has 0 radical (unpaired) electrons. The van der Waals surface area contributed by atoms with Gasteiger partial charge < -0.3 is 15.2 Å². The smallest absolute Gasteiger partial charge is 0.0517 e. The average molecular weight is 221 g/mol. The summed E-state index contributed by atoms with van der Waals surface area (Å²) in [7, 11) is 0. The van der Waals surface area contributed by atoms with Crippen LogP contribution in [0.4, 0.5) is 5.69 Å². The van der Waals surface area contributed by atoms with Crippen molar-refractivity contribution < 1.29 is 9.47 Å². The molecule has 0 spiro atoms. The van der Waals surface area contributed by atoms with Gasteiger partial charge in [0.25, 0.3) is 0 Å². The third kappa shape index (κ3) is 3.51.